The standard InChI is InChI=1S/C16H26O2/c1-11-8-16(5,10-18-12(2)17)7-6-14-13(11)9-15(14,3)4/h13-14H,1,6-10H2,2-5H3/t13-,14-,16+/m1/s1. The Morgan fingerprint density at radius 3 is 2.67 bits per heavy atom. The van der Waals surface area contributed by atoms with E-state index in [4.69, 9.17) is 4.74 Å². The fraction of sp³-hybridized carbons (Fsp3) is 0.812. The highest BCUT2D eigenvalue weighted by Crippen LogP contribution is 2.59. The predicted molar refractivity (Wildman–Crippen MR) is 73.1 cm³/mol. The highest BCUT2D eigenvalue weighted by molar-refractivity contribution is 5.65. The van der Waals surface area contributed by atoms with Crippen LogP contribution in [0.25, 0.3) is 0 Å². The van der Waals surface area contributed by atoms with Gasteiger partial charge in [-0.3, -0.25) is 4.79 Å². The van der Waals surface area contributed by atoms with Crippen LogP contribution in [0, 0.1) is 22.7 Å². The molecule has 0 amide bonds. The first-order valence-electron chi connectivity index (χ1n) is 7.05. The molecule has 3 atom stereocenters. The van der Waals surface area contributed by atoms with Crippen molar-refractivity contribution in [3.05, 3.63) is 12.2 Å². The molecular weight excluding hydrogens is 224 g/mol. The summed E-state index contributed by atoms with van der Waals surface area (Å²) in [5, 5.41) is 0. The molecule has 0 radical (unpaired) electrons. The maximum Gasteiger partial charge on any atom is 0.302 e. The van der Waals surface area contributed by atoms with Crippen LogP contribution in [0.15, 0.2) is 12.2 Å². The van der Waals surface area contributed by atoms with Gasteiger partial charge in [0.2, 0.25) is 0 Å². The second-order valence-electron chi connectivity index (χ2n) is 7.37. The smallest absolute Gasteiger partial charge is 0.302 e. The van der Waals surface area contributed by atoms with Crippen molar-refractivity contribution in [3.8, 4) is 0 Å². The predicted octanol–water partition coefficient (Wildman–Crippen LogP) is 3.96. The molecule has 0 N–H and O–H groups in total. The summed E-state index contributed by atoms with van der Waals surface area (Å²) >= 11 is 0. The molecule has 0 bridgehead atoms. The van der Waals surface area contributed by atoms with Gasteiger partial charge in [0.05, 0.1) is 6.61 Å². The minimum absolute atomic E-state index is 0.0934. The fourth-order valence-corrected chi connectivity index (χ4v) is 3.94. The molecule has 18 heavy (non-hydrogen) atoms. The number of allylic oxidation sites excluding steroid dienone is 1. The lowest BCUT2D eigenvalue weighted by atomic mass is 9.53. The van der Waals surface area contributed by atoms with Gasteiger partial charge in [0, 0.05) is 12.3 Å². The molecule has 0 aliphatic heterocycles. The van der Waals surface area contributed by atoms with Crippen LogP contribution in [0.2, 0.25) is 0 Å². The zero-order valence-corrected chi connectivity index (χ0v) is 12.2. The summed E-state index contributed by atoms with van der Waals surface area (Å²) in [7, 11) is 0. The van der Waals surface area contributed by atoms with Gasteiger partial charge in [0.15, 0.2) is 0 Å². The van der Waals surface area contributed by atoms with Gasteiger partial charge < -0.3 is 4.74 Å². The van der Waals surface area contributed by atoms with Crippen molar-refractivity contribution in [2.45, 2.75) is 53.4 Å². The molecule has 0 spiro atoms. The van der Waals surface area contributed by atoms with Gasteiger partial charge in [-0.25, -0.2) is 0 Å². The molecule has 0 aromatic rings. The third kappa shape index (κ3) is 2.48. The maximum absolute atomic E-state index is 11.0. The number of esters is 1. The number of carbonyl (C=O) groups is 1. The molecule has 2 aliphatic rings. The second-order valence-corrected chi connectivity index (χ2v) is 7.37. The first-order chi connectivity index (χ1) is 8.23. The van der Waals surface area contributed by atoms with Crippen molar-refractivity contribution < 1.29 is 9.53 Å². The number of hydrogen-bond donors (Lipinski definition) is 0. The molecule has 2 saturated carbocycles. The Kier molecular flexibility index (Phi) is 3.33. The Bertz CT molecular complexity index is 369. The van der Waals surface area contributed by atoms with Crippen molar-refractivity contribution in [2.24, 2.45) is 22.7 Å². The van der Waals surface area contributed by atoms with Gasteiger partial charge in [0.25, 0.3) is 0 Å². The lowest BCUT2D eigenvalue weighted by Crippen LogP contribution is -2.43. The number of fused-ring (bicyclic) bond motifs is 1. The molecule has 2 nitrogen and oxygen atoms in total. The molecule has 102 valence electrons. The highest BCUT2D eigenvalue weighted by atomic mass is 16.5. The van der Waals surface area contributed by atoms with Crippen molar-refractivity contribution in [1.29, 1.82) is 0 Å². The van der Waals surface area contributed by atoms with Gasteiger partial charge in [-0.1, -0.05) is 32.9 Å². The summed E-state index contributed by atoms with van der Waals surface area (Å²) in [4.78, 5) is 11.0. The van der Waals surface area contributed by atoms with Crippen LogP contribution in [0.3, 0.4) is 0 Å². The van der Waals surface area contributed by atoms with Crippen molar-refractivity contribution in [1.82, 2.24) is 0 Å². The van der Waals surface area contributed by atoms with E-state index in [0.29, 0.717) is 17.9 Å². The number of hydrogen-bond acceptors (Lipinski definition) is 2. The molecule has 0 aromatic carbocycles. The summed E-state index contributed by atoms with van der Waals surface area (Å²) in [6, 6.07) is 0. The fourth-order valence-electron chi connectivity index (χ4n) is 3.94. The molecule has 0 aromatic heterocycles. The van der Waals surface area contributed by atoms with Gasteiger partial charge >= 0.3 is 5.97 Å². The van der Waals surface area contributed by atoms with E-state index in [1.54, 1.807) is 0 Å². The van der Waals surface area contributed by atoms with Crippen LogP contribution < -0.4 is 0 Å². The Labute approximate surface area is 111 Å². The number of rotatable bonds is 2. The van der Waals surface area contributed by atoms with Gasteiger partial charge in [-0.2, -0.15) is 0 Å². The lowest BCUT2D eigenvalue weighted by molar-refractivity contribution is -0.144. The summed E-state index contributed by atoms with van der Waals surface area (Å²) in [6.45, 7) is 13.3. The van der Waals surface area contributed by atoms with Crippen LogP contribution in [-0.2, 0) is 9.53 Å². The summed E-state index contributed by atoms with van der Waals surface area (Å²) in [6.07, 6.45) is 4.68. The SMILES string of the molecule is C=C1C[C@@](C)(COC(C)=O)CC[C@@H]2[C@@H]1CC2(C)C. The van der Waals surface area contributed by atoms with E-state index in [-0.39, 0.29) is 11.4 Å². The average Bonchev–Trinajstić information content (AvgIpc) is 2.33. The van der Waals surface area contributed by atoms with Crippen molar-refractivity contribution in [2.75, 3.05) is 6.61 Å². The van der Waals surface area contributed by atoms with E-state index in [9.17, 15) is 4.79 Å². The molecule has 0 unspecified atom stereocenters. The van der Waals surface area contributed by atoms with E-state index >= 15 is 0 Å². The van der Waals surface area contributed by atoms with E-state index in [2.05, 4.69) is 27.4 Å². The van der Waals surface area contributed by atoms with Crippen LogP contribution >= 0.6 is 0 Å². The van der Waals surface area contributed by atoms with E-state index in [1.165, 1.54) is 25.3 Å². The zero-order valence-electron chi connectivity index (χ0n) is 12.2. The Balaban J connectivity index is 2.05. The molecule has 2 heteroatoms. The van der Waals surface area contributed by atoms with E-state index in [1.807, 2.05) is 0 Å². The normalized spacial score (nSPS) is 38.3. The van der Waals surface area contributed by atoms with Crippen LogP contribution in [0.5, 0.6) is 0 Å². The third-order valence-electron chi connectivity index (χ3n) is 5.10. The Hall–Kier alpha value is -0.790. The van der Waals surface area contributed by atoms with Crippen molar-refractivity contribution >= 4 is 5.97 Å². The maximum atomic E-state index is 11.0. The molecule has 2 rings (SSSR count). The summed E-state index contributed by atoms with van der Waals surface area (Å²) in [5.41, 5.74) is 1.95. The van der Waals surface area contributed by atoms with E-state index < -0.39 is 0 Å². The molecule has 2 fully saturated rings. The van der Waals surface area contributed by atoms with Crippen LogP contribution in [0.4, 0.5) is 0 Å². The van der Waals surface area contributed by atoms with Crippen LogP contribution in [-0.4, -0.2) is 12.6 Å². The zero-order chi connectivity index (χ0) is 13.6. The largest absolute Gasteiger partial charge is 0.465 e. The number of ether oxygens (including phenoxy) is 1. The lowest BCUT2D eigenvalue weighted by Gasteiger charge is -2.52. The summed E-state index contributed by atoms with van der Waals surface area (Å²) < 4.78 is 5.25. The van der Waals surface area contributed by atoms with Gasteiger partial charge in [0.1, 0.15) is 0 Å². The van der Waals surface area contributed by atoms with Crippen LogP contribution in [0.1, 0.15) is 53.4 Å². The first-order valence-corrected chi connectivity index (χ1v) is 7.05. The summed E-state index contributed by atoms with van der Waals surface area (Å²) in [5.74, 6) is 1.32. The third-order valence-corrected chi connectivity index (χ3v) is 5.10. The van der Waals surface area contributed by atoms with Gasteiger partial charge in [-0.15, -0.1) is 0 Å². The number of carbonyl (C=O) groups excluding carboxylic acids is 1. The molecule has 0 heterocycles. The Morgan fingerprint density at radius 1 is 1.44 bits per heavy atom. The minimum Gasteiger partial charge on any atom is -0.465 e. The Morgan fingerprint density at radius 2 is 2.11 bits per heavy atom. The monoisotopic (exact) mass is 250 g/mol. The average molecular weight is 250 g/mol. The second kappa shape index (κ2) is 4.40. The minimum atomic E-state index is -0.172. The van der Waals surface area contributed by atoms with Crippen molar-refractivity contribution in [3.63, 3.8) is 0 Å². The molecule has 0 saturated heterocycles. The van der Waals surface area contributed by atoms with E-state index in [0.717, 1.165) is 18.8 Å². The first kappa shape index (κ1) is 13.6. The quantitative estimate of drug-likeness (QED) is 0.548. The highest BCUT2D eigenvalue weighted by Gasteiger charge is 2.50. The van der Waals surface area contributed by atoms with Gasteiger partial charge in [-0.05, 0) is 42.9 Å². The molecular formula is C16H26O2. The topological polar surface area (TPSA) is 26.3 Å². The molecule has 2 aliphatic carbocycles.